The van der Waals surface area contributed by atoms with Gasteiger partial charge in [0.25, 0.3) is 0 Å². The second-order valence-electron chi connectivity index (χ2n) is 7.17. The molecule has 1 aliphatic carbocycles. The lowest BCUT2D eigenvalue weighted by molar-refractivity contribution is -0.0116. The van der Waals surface area contributed by atoms with Crippen molar-refractivity contribution in [3.8, 4) is 0 Å². The lowest BCUT2D eigenvalue weighted by atomic mass is 9.98. The monoisotopic (exact) mass is 329 g/mol. The first-order valence-corrected chi connectivity index (χ1v) is 9.20. The zero-order valence-corrected chi connectivity index (χ0v) is 14.6. The van der Waals surface area contributed by atoms with Crippen LogP contribution in [0.5, 0.6) is 0 Å². The molecule has 1 N–H and O–H groups in total. The van der Waals surface area contributed by atoms with E-state index in [-0.39, 0.29) is 6.10 Å². The molecule has 24 heavy (non-hydrogen) atoms. The van der Waals surface area contributed by atoms with E-state index in [2.05, 4.69) is 42.6 Å². The summed E-state index contributed by atoms with van der Waals surface area (Å²) in [6.45, 7) is 6.85. The second-order valence-corrected chi connectivity index (χ2v) is 7.17. The first-order chi connectivity index (χ1) is 11.7. The van der Waals surface area contributed by atoms with Crippen LogP contribution in [-0.4, -0.2) is 22.4 Å². The van der Waals surface area contributed by atoms with Crippen LogP contribution in [0.4, 0.5) is 0 Å². The maximum atomic E-state index is 6.04. The number of aromatic nitrogens is 2. The van der Waals surface area contributed by atoms with Crippen molar-refractivity contribution in [2.45, 2.75) is 64.3 Å². The summed E-state index contributed by atoms with van der Waals surface area (Å²) in [5.41, 5.74) is 1.17. The first-order valence-electron chi connectivity index (χ1n) is 9.20. The highest BCUT2D eigenvalue weighted by atomic mass is 16.5. The van der Waals surface area contributed by atoms with E-state index < -0.39 is 0 Å². The summed E-state index contributed by atoms with van der Waals surface area (Å²) in [5, 5.41) is 8.03. The molecular formula is C19H27N3O2. The Labute approximate surface area is 143 Å². The number of hydrogen-bond acceptors (Lipinski definition) is 4. The van der Waals surface area contributed by atoms with E-state index in [1.54, 1.807) is 0 Å². The van der Waals surface area contributed by atoms with Crippen LogP contribution in [-0.2, 0) is 17.8 Å². The van der Waals surface area contributed by atoms with E-state index in [1.165, 1.54) is 12.0 Å². The summed E-state index contributed by atoms with van der Waals surface area (Å²) in [4.78, 5) is 0. The highest BCUT2D eigenvalue weighted by Gasteiger charge is 2.36. The smallest absolute Gasteiger partial charge is 0.117 e. The molecule has 0 aromatic carbocycles. The van der Waals surface area contributed by atoms with Crippen molar-refractivity contribution in [3.63, 3.8) is 0 Å². The Balaban J connectivity index is 1.39. The van der Waals surface area contributed by atoms with E-state index in [4.69, 9.17) is 9.15 Å². The molecule has 0 spiro atoms. The number of hydrogen-bond donors (Lipinski definition) is 1. The highest BCUT2D eigenvalue weighted by Crippen LogP contribution is 2.47. The quantitative estimate of drug-likeness (QED) is 0.879. The van der Waals surface area contributed by atoms with Gasteiger partial charge in [0.15, 0.2) is 0 Å². The Kier molecular flexibility index (Phi) is 4.46. The third-order valence-electron chi connectivity index (χ3n) is 5.32. The van der Waals surface area contributed by atoms with Crippen LogP contribution in [0, 0.1) is 5.92 Å². The van der Waals surface area contributed by atoms with Gasteiger partial charge in [-0.3, -0.25) is 4.68 Å². The van der Waals surface area contributed by atoms with Gasteiger partial charge in [0.05, 0.1) is 12.7 Å². The average Bonchev–Trinajstić information content (AvgIpc) is 3.05. The molecule has 2 aliphatic rings. The van der Waals surface area contributed by atoms with Crippen LogP contribution in [0.25, 0.3) is 0 Å². The minimum atomic E-state index is 0.0805. The Morgan fingerprint density at radius 3 is 3.00 bits per heavy atom. The van der Waals surface area contributed by atoms with Gasteiger partial charge in [-0.25, -0.2) is 0 Å². The fourth-order valence-electron chi connectivity index (χ4n) is 3.66. The zero-order chi connectivity index (χ0) is 16.5. The number of rotatable bonds is 6. The Morgan fingerprint density at radius 2 is 2.25 bits per heavy atom. The number of nitrogens with zero attached hydrogens (tertiary/aromatic N) is 2. The summed E-state index contributed by atoms with van der Waals surface area (Å²) >= 11 is 0. The number of furan rings is 1. The fourth-order valence-corrected chi connectivity index (χ4v) is 3.66. The molecule has 1 saturated heterocycles. The van der Waals surface area contributed by atoms with Crippen LogP contribution >= 0.6 is 0 Å². The van der Waals surface area contributed by atoms with Gasteiger partial charge in [-0.15, -0.1) is 0 Å². The van der Waals surface area contributed by atoms with E-state index in [9.17, 15) is 0 Å². The minimum absolute atomic E-state index is 0.0805. The maximum Gasteiger partial charge on any atom is 0.117 e. The Bertz CT molecular complexity index is 678. The molecule has 3 heterocycles. The summed E-state index contributed by atoms with van der Waals surface area (Å²) in [5.74, 6) is 3.60. The van der Waals surface area contributed by atoms with Crippen molar-refractivity contribution in [1.82, 2.24) is 15.1 Å². The molecule has 1 saturated carbocycles. The third-order valence-corrected chi connectivity index (χ3v) is 5.32. The zero-order valence-electron chi connectivity index (χ0n) is 14.6. The second kappa shape index (κ2) is 6.73. The van der Waals surface area contributed by atoms with E-state index in [1.807, 2.05) is 10.9 Å². The van der Waals surface area contributed by atoms with Crippen molar-refractivity contribution < 1.29 is 9.15 Å². The van der Waals surface area contributed by atoms with Crippen LogP contribution in [0.15, 0.2) is 28.9 Å². The van der Waals surface area contributed by atoms with Crippen molar-refractivity contribution in [1.29, 1.82) is 0 Å². The molecule has 0 radical (unpaired) electrons. The molecule has 5 heteroatoms. The number of nitrogens with one attached hydrogen (secondary N) is 1. The van der Waals surface area contributed by atoms with Crippen LogP contribution in [0.3, 0.4) is 0 Å². The molecule has 2 aromatic heterocycles. The minimum Gasteiger partial charge on any atom is -0.464 e. The molecule has 2 fully saturated rings. The van der Waals surface area contributed by atoms with Gasteiger partial charge in [0, 0.05) is 36.9 Å². The molecule has 2 aromatic rings. The fraction of sp³-hybridized carbons (Fsp3) is 0.632. The third kappa shape index (κ3) is 3.28. The summed E-state index contributed by atoms with van der Waals surface area (Å²) in [6, 6.07) is 4.56. The van der Waals surface area contributed by atoms with Crippen LogP contribution in [0.2, 0.25) is 0 Å². The molecule has 0 unspecified atom stereocenters. The number of ether oxygens (including phenoxy) is 1. The van der Waals surface area contributed by atoms with E-state index in [0.717, 1.165) is 50.0 Å². The lowest BCUT2D eigenvalue weighted by Crippen LogP contribution is -2.38. The van der Waals surface area contributed by atoms with E-state index in [0.29, 0.717) is 12.0 Å². The highest BCUT2D eigenvalue weighted by molar-refractivity contribution is 5.18. The SMILES string of the molecule is CCn1cc([C@H]2OCCC[C@@H]2NCc2ccc([C@@H]3C[C@@H]3C)o2)cn1. The van der Waals surface area contributed by atoms with Gasteiger partial charge in [-0.2, -0.15) is 5.10 Å². The van der Waals surface area contributed by atoms with Crippen molar-refractivity contribution in [2.24, 2.45) is 5.92 Å². The van der Waals surface area contributed by atoms with Gasteiger partial charge in [-0.1, -0.05) is 6.92 Å². The molecule has 1 aliphatic heterocycles. The van der Waals surface area contributed by atoms with Gasteiger partial charge in [0.1, 0.15) is 17.6 Å². The largest absolute Gasteiger partial charge is 0.464 e. The van der Waals surface area contributed by atoms with Gasteiger partial charge in [-0.05, 0) is 44.2 Å². The molecule has 4 rings (SSSR count). The Hall–Kier alpha value is -1.59. The van der Waals surface area contributed by atoms with Crippen LogP contribution in [0.1, 0.15) is 62.2 Å². The molecule has 4 atom stereocenters. The average molecular weight is 329 g/mol. The molecular weight excluding hydrogens is 302 g/mol. The van der Waals surface area contributed by atoms with Crippen molar-refractivity contribution in [3.05, 3.63) is 41.6 Å². The molecule has 5 nitrogen and oxygen atoms in total. The first kappa shape index (κ1) is 15.9. The van der Waals surface area contributed by atoms with Crippen LogP contribution < -0.4 is 5.32 Å². The normalized spacial score (nSPS) is 29.8. The predicted molar refractivity (Wildman–Crippen MR) is 91.7 cm³/mol. The van der Waals surface area contributed by atoms with Crippen molar-refractivity contribution in [2.75, 3.05) is 6.61 Å². The molecule has 130 valence electrons. The molecule has 0 bridgehead atoms. The van der Waals surface area contributed by atoms with Crippen molar-refractivity contribution >= 4 is 0 Å². The van der Waals surface area contributed by atoms with Gasteiger partial charge < -0.3 is 14.5 Å². The van der Waals surface area contributed by atoms with E-state index >= 15 is 0 Å². The topological polar surface area (TPSA) is 52.2 Å². The summed E-state index contributed by atoms with van der Waals surface area (Å²) < 4.78 is 14.0. The standard InChI is InChI=1S/C19H27N3O2/c1-3-22-12-14(10-21-22)19-17(5-4-8-23-19)20-11-15-6-7-18(24-15)16-9-13(16)2/h6-7,10,12-13,16-17,19-20H,3-5,8-9,11H2,1-2H3/t13-,16+,17-,19+/m0/s1. The van der Waals surface area contributed by atoms with Gasteiger partial charge >= 0.3 is 0 Å². The molecule has 0 amide bonds. The lowest BCUT2D eigenvalue weighted by Gasteiger charge is -2.31. The summed E-state index contributed by atoms with van der Waals surface area (Å²) in [7, 11) is 0. The predicted octanol–water partition coefficient (Wildman–Crippen LogP) is 3.63. The Morgan fingerprint density at radius 1 is 1.38 bits per heavy atom. The van der Waals surface area contributed by atoms with Gasteiger partial charge in [0.2, 0.25) is 0 Å². The summed E-state index contributed by atoms with van der Waals surface area (Å²) in [6.07, 6.45) is 7.60. The number of aryl methyl sites for hydroxylation is 1. The maximum absolute atomic E-state index is 6.04.